The fraction of sp³-hybridized carbons (Fsp3) is 0.812. The number of rotatable bonds is 6. The van der Waals surface area contributed by atoms with Crippen molar-refractivity contribution in [3.63, 3.8) is 0 Å². The van der Waals surface area contributed by atoms with E-state index in [1.807, 2.05) is 13.8 Å². The van der Waals surface area contributed by atoms with Crippen LogP contribution in [0.3, 0.4) is 0 Å². The lowest BCUT2D eigenvalue weighted by molar-refractivity contribution is -0.149. The summed E-state index contributed by atoms with van der Waals surface area (Å²) < 4.78 is 5.09. The zero-order valence-electron chi connectivity index (χ0n) is 15.1. The molecule has 0 aromatic rings. The van der Waals surface area contributed by atoms with Gasteiger partial charge in [-0.15, -0.1) is 24.0 Å². The number of primary amides is 1. The molecule has 1 aliphatic rings. The van der Waals surface area contributed by atoms with Crippen LogP contribution in [-0.2, 0) is 14.3 Å². The van der Waals surface area contributed by atoms with E-state index in [1.54, 1.807) is 13.8 Å². The number of carbonyl (C=O) groups is 2. The minimum atomic E-state index is -0.677. The molecule has 0 bridgehead atoms. The number of nitrogens with zero attached hydrogens (tertiary/aromatic N) is 2. The molecule has 1 saturated heterocycles. The number of guanidine groups is 1. The number of ether oxygens (including phenoxy) is 1. The highest BCUT2D eigenvalue weighted by Crippen LogP contribution is 2.19. The smallest absolute Gasteiger partial charge is 0.309 e. The van der Waals surface area contributed by atoms with Crippen molar-refractivity contribution in [2.75, 3.05) is 32.8 Å². The molecule has 3 N–H and O–H groups in total. The molecule has 0 saturated carbocycles. The molecule has 1 heterocycles. The number of halogens is 1. The minimum Gasteiger partial charge on any atom is -0.466 e. The number of carbonyl (C=O) groups excluding carboxylic acids is 2. The van der Waals surface area contributed by atoms with Gasteiger partial charge in [-0.05, 0) is 40.5 Å². The Morgan fingerprint density at radius 3 is 2.33 bits per heavy atom. The van der Waals surface area contributed by atoms with Gasteiger partial charge in [-0.1, -0.05) is 0 Å². The van der Waals surface area contributed by atoms with Crippen molar-refractivity contribution in [2.45, 2.75) is 40.5 Å². The lowest BCUT2D eigenvalue weighted by Gasteiger charge is -2.33. The monoisotopic (exact) mass is 454 g/mol. The predicted octanol–water partition coefficient (Wildman–Crippen LogP) is 1.36. The van der Waals surface area contributed by atoms with E-state index in [0.29, 0.717) is 13.2 Å². The Hall–Kier alpha value is -1.06. The molecule has 1 fully saturated rings. The van der Waals surface area contributed by atoms with Gasteiger partial charge in [-0.25, -0.2) is 0 Å². The van der Waals surface area contributed by atoms with Crippen LogP contribution in [-0.4, -0.2) is 55.5 Å². The third-order valence-corrected chi connectivity index (χ3v) is 4.04. The molecule has 140 valence electrons. The van der Waals surface area contributed by atoms with Crippen LogP contribution in [0.4, 0.5) is 0 Å². The number of amides is 1. The highest BCUT2D eigenvalue weighted by Gasteiger charge is 2.29. The van der Waals surface area contributed by atoms with Gasteiger partial charge in [0.2, 0.25) is 5.91 Å². The van der Waals surface area contributed by atoms with Crippen molar-refractivity contribution in [3.05, 3.63) is 0 Å². The van der Waals surface area contributed by atoms with Crippen molar-refractivity contribution in [2.24, 2.45) is 22.1 Å². The number of likely N-dealkylation sites (tertiary alicyclic amines) is 1. The lowest BCUT2D eigenvalue weighted by atomic mass is 9.93. The molecule has 0 aliphatic carbocycles. The van der Waals surface area contributed by atoms with Gasteiger partial charge >= 0.3 is 5.97 Å². The first-order chi connectivity index (χ1) is 10.8. The van der Waals surface area contributed by atoms with Gasteiger partial charge in [-0.2, -0.15) is 0 Å². The maximum Gasteiger partial charge on any atom is 0.309 e. The van der Waals surface area contributed by atoms with E-state index in [1.165, 1.54) is 0 Å². The fourth-order valence-electron chi connectivity index (χ4n) is 2.36. The Bertz CT molecular complexity index is 447. The molecule has 7 nitrogen and oxygen atoms in total. The highest BCUT2D eigenvalue weighted by atomic mass is 127. The molecule has 8 heteroatoms. The van der Waals surface area contributed by atoms with Gasteiger partial charge in [0.1, 0.15) is 0 Å². The van der Waals surface area contributed by atoms with Gasteiger partial charge in [-0.3, -0.25) is 14.6 Å². The summed E-state index contributed by atoms with van der Waals surface area (Å²) in [5.74, 6) is 0.266. The first-order valence-electron chi connectivity index (χ1n) is 8.31. The summed E-state index contributed by atoms with van der Waals surface area (Å²) in [6.07, 6.45) is 1.50. The van der Waals surface area contributed by atoms with E-state index in [-0.39, 0.29) is 41.8 Å². The quantitative estimate of drug-likeness (QED) is 0.274. The standard InChI is InChI=1S/C16H30N4O3.HI/c1-5-18-15(19-11-16(3,4)14(17)22)20-9-7-12(8-10-20)13(21)23-6-2;/h12H,5-11H2,1-4H3,(H2,17,22)(H,18,19);1H. The molecule has 1 aliphatic heterocycles. The summed E-state index contributed by atoms with van der Waals surface area (Å²) in [6.45, 7) is 10.4. The van der Waals surface area contributed by atoms with Gasteiger partial charge in [0.25, 0.3) is 0 Å². The predicted molar refractivity (Wildman–Crippen MR) is 105 cm³/mol. The topological polar surface area (TPSA) is 97.0 Å². The number of nitrogens with one attached hydrogen (secondary N) is 1. The Balaban J connectivity index is 0.00000529. The van der Waals surface area contributed by atoms with Crippen LogP contribution in [0.5, 0.6) is 0 Å². The fourth-order valence-corrected chi connectivity index (χ4v) is 2.36. The average molecular weight is 454 g/mol. The van der Waals surface area contributed by atoms with Gasteiger partial charge in [0.15, 0.2) is 5.96 Å². The molecule has 1 amide bonds. The molecular weight excluding hydrogens is 423 g/mol. The van der Waals surface area contributed by atoms with Crippen LogP contribution in [0.2, 0.25) is 0 Å². The van der Waals surface area contributed by atoms with Gasteiger partial charge < -0.3 is 20.7 Å². The molecule has 0 spiro atoms. The third-order valence-electron chi connectivity index (χ3n) is 4.04. The van der Waals surface area contributed by atoms with Gasteiger partial charge in [0, 0.05) is 19.6 Å². The van der Waals surface area contributed by atoms with Crippen molar-refractivity contribution >= 4 is 41.8 Å². The van der Waals surface area contributed by atoms with E-state index in [9.17, 15) is 9.59 Å². The number of hydrogen-bond acceptors (Lipinski definition) is 4. The molecule has 24 heavy (non-hydrogen) atoms. The maximum atomic E-state index is 11.8. The first-order valence-corrected chi connectivity index (χ1v) is 8.31. The zero-order chi connectivity index (χ0) is 17.5. The molecule has 1 rings (SSSR count). The zero-order valence-corrected chi connectivity index (χ0v) is 17.5. The molecule has 0 aromatic carbocycles. The highest BCUT2D eigenvalue weighted by molar-refractivity contribution is 14.0. The summed E-state index contributed by atoms with van der Waals surface area (Å²) in [4.78, 5) is 29.9. The summed E-state index contributed by atoms with van der Waals surface area (Å²) in [5, 5.41) is 3.24. The number of piperidine rings is 1. The lowest BCUT2D eigenvalue weighted by Crippen LogP contribution is -2.47. The second kappa shape index (κ2) is 10.7. The third kappa shape index (κ3) is 6.82. The first kappa shape index (κ1) is 22.9. The minimum absolute atomic E-state index is 0. The Morgan fingerprint density at radius 2 is 1.88 bits per heavy atom. The summed E-state index contributed by atoms with van der Waals surface area (Å²) in [5.41, 5.74) is 4.72. The van der Waals surface area contributed by atoms with Crippen molar-refractivity contribution in [1.29, 1.82) is 0 Å². The second-order valence-electron chi connectivity index (χ2n) is 6.43. The summed E-state index contributed by atoms with van der Waals surface area (Å²) >= 11 is 0. The molecule has 0 aromatic heterocycles. The van der Waals surface area contributed by atoms with E-state index >= 15 is 0 Å². The Labute approximate surface area is 161 Å². The molecule has 0 radical (unpaired) electrons. The van der Waals surface area contributed by atoms with Crippen LogP contribution < -0.4 is 11.1 Å². The van der Waals surface area contributed by atoms with Crippen LogP contribution in [0, 0.1) is 11.3 Å². The van der Waals surface area contributed by atoms with Crippen molar-refractivity contribution < 1.29 is 14.3 Å². The van der Waals surface area contributed by atoms with Crippen molar-refractivity contribution in [3.8, 4) is 0 Å². The van der Waals surface area contributed by atoms with Gasteiger partial charge in [0.05, 0.1) is 24.5 Å². The average Bonchev–Trinajstić information content (AvgIpc) is 2.51. The van der Waals surface area contributed by atoms with E-state index in [0.717, 1.165) is 38.4 Å². The van der Waals surface area contributed by atoms with Crippen molar-refractivity contribution in [1.82, 2.24) is 10.2 Å². The number of aliphatic imine (C=N–C) groups is 1. The van der Waals surface area contributed by atoms with Crippen LogP contribution in [0.15, 0.2) is 4.99 Å². The maximum absolute atomic E-state index is 11.8. The van der Waals surface area contributed by atoms with E-state index in [4.69, 9.17) is 10.5 Å². The molecule has 0 unspecified atom stereocenters. The second-order valence-corrected chi connectivity index (χ2v) is 6.43. The Kier molecular flexibility index (Phi) is 10.3. The summed E-state index contributed by atoms with van der Waals surface area (Å²) in [6, 6.07) is 0. The van der Waals surface area contributed by atoms with E-state index in [2.05, 4.69) is 15.2 Å². The number of hydrogen-bond donors (Lipinski definition) is 2. The normalized spacial score (nSPS) is 16.3. The number of nitrogens with two attached hydrogens (primary N) is 1. The Morgan fingerprint density at radius 1 is 1.29 bits per heavy atom. The van der Waals surface area contributed by atoms with Crippen LogP contribution >= 0.6 is 24.0 Å². The molecule has 0 atom stereocenters. The number of esters is 1. The molecular formula is C16H31IN4O3. The SMILES string of the molecule is CCNC(=NCC(C)(C)C(N)=O)N1CCC(C(=O)OCC)CC1.I. The van der Waals surface area contributed by atoms with E-state index < -0.39 is 5.41 Å². The van der Waals surface area contributed by atoms with Crippen LogP contribution in [0.1, 0.15) is 40.5 Å². The van der Waals surface area contributed by atoms with Crippen LogP contribution in [0.25, 0.3) is 0 Å². The summed E-state index contributed by atoms with van der Waals surface area (Å²) in [7, 11) is 0. The largest absolute Gasteiger partial charge is 0.466 e.